The molecule has 0 aliphatic carbocycles. The van der Waals surface area contributed by atoms with E-state index in [1.807, 2.05) is 0 Å². The van der Waals surface area contributed by atoms with E-state index in [1.165, 1.54) is 0 Å². The predicted molar refractivity (Wildman–Crippen MR) is 28.2 cm³/mol. The molecular formula is C5H9O3. The number of aliphatic hydroxyl groups is 1. The lowest BCUT2D eigenvalue weighted by Gasteiger charge is -2.01. The molecule has 0 aromatic carbocycles. The number of hydrogen-bond donors (Lipinski definition) is 1. The molecule has 0 spiro atoms. The van der Waals surface area contributed by atoms with Crippen molar-refractivity contribution in [3.63, 3.8) is 0 Å². The van der Waals surface area contributed by atoms with Crippen molar-refractivity contribution >= 4 is 6.29 Å². The van der Waals surface area contributed by atoms with Gasteiger partial charge >= 0.3 is 0 Å². The average Bonchev–Trinajstić information content (AvgIpc) is 1.83. The number of aliphatic hydroxyl groups excluding tert-OH is 1. The zero-order valence-electron chi connectivity index (χ0n) is 4.54. The molecule has 3 nitrogen and oxygen atoms in total. The molecule has 1 radical (unpaired) electrons. The van der Waals surface area contributed by atoms with Gasteiger partial charge in [0.15, 0.2) is 0 Å². The molecule has 0 fully saturated rings. The fourth-order valence-corrected chi connectivity index (χ4v) is 0.243. The van der Waals surface area contributed by atoms with Crippen molar-refractivity contribution in [2.24, 2.45) is 0 Å². The van der Waals surface area contributed by atoms with E-state index in [0.29, 0.717) is 6.29 Å². The number of carbonyl (C=O) groups is 1. The molecule has 1 atom stereocenters. The van der Waals surface area contributed by atoms with Gasteiger partial charge in [0.2, 0.25) is 0 Å². The summed E-state index contributed by atoms with van der Waals surface area (Å²) in [5, 5.41) is 8.14. The van der Waals surface area contributed by atoms with Crippen molar-refractivity contribution in [3.05, 3.63) is 6.92 Å². The van der Waals surface area contributed by atoms with Gasteiger partial charge in [-0.05, 0) is 6.92 Å². The second-order valence-corrected chi connectivity index (χ2v) is 1.27. The minimum atomic E-state index is -0.637. The summed E-state index contributed by atoms with van der Waals surface area (Å²) in [6.45, 7) is 3.40. The molecule has 0 saturated heterocycles. The highest BCUT2D eigenvalue weighted by Crippen LogP contribution is 1.81. The fraction of sp³-hybridized carbons (Fsp3) is 0.600. The van der Waals surface area contributed by atoms with Crippen molar-refractivity contribution in [1.82, 2.24) is 0 Å². The summed E-state index contributed by atoms with van der Waals surface area (Å²) in [4.78, 5) is 9.74. The zero-order chi connectivity index (χ0) is 6.41. The zero-order valence-corrected chi connectivity index (χ0v) is 4.54. The molecule has 0 rings (SSSR count). The Balaban J connectivity index is 2.98. The number of ether oxygens (including phenoxy) is 1. The van der Waals surface area contributed by atoms with Gasteiger partial charge in [0.1, 0.15) is 12.4 Å². The van der Waals surface area contributed by atoms with E-state index in [2.05, 4.69) is 11.7 Å². The normalized spacial score (nSPS) is 13.2. The largest absolute Gasteiger partial charge is 0.394 e. The quantitative estimate of drug-likeness (QED) is 0.500. The summed E-state index contributed by atoms with van der Waals surface area (Å²) in [6.07, 6.45) is -0.0579. The molecule has 0 aliphatic heterocycles. The summed E-state index contributed by atoms with van der Waals surface area (Å²) in [5.74, 6) is 0. The second-order valence-electron chi connectivity index (χ2n) is 1.27. The lowest BCUT2D eigenvalue weighted by atomic mass is 10.5. The Hall–Kier alpha value is -0.410. The third-order valence-electron chi connectivity index (χ3n) is 0.575. The summed E-state index contributed by atoms with van der Waals surface area (Å²) in [7, 11) is 0. The molecule has 0 bridgehead atoms. The maximum atomic E-state index is 9.74. The van der Waals surface area contributed by atoms with Crippen LogP contribution in [0.25, 0.3) is 0 Å². The van der Waals surface area contributed by atoms with E-state index in [-0.39, 0.29) is 13.2 Å². The van der Waals surface area contributed by atoms with Crippen molar-refractivity contribution in [2.75, 3.05) is 13.2 Å². The summed E-state index contributed by atoms with van der Waals surface area (Å²) in [5.41, 5.74) is 0. The maximum Gasteiger partial charge on any atom is 0.148 e. The minimum Gasteiger partial charge on any atom is -0.394 e. The smallest absolute Gasteiger partial charge is 0.148 e. The standard InChI is InChI=1S/C5H9O3/c1-5(4-7)8-3-2-6/h4-6H,1-3H2. The van der Waals surface area contributed by atoms with Crippen LogP contribution in [0.3, 0.4) is 0 Å². The first-order valence-corrected chi connectivity index (χ1v) is 2.32. The van der Waals surface area contributed by atoms with E-state index in [0.717, 1.165) is 0 Å². The van der Waals surface area contributed by atoms with Gasteiger partial charge in [-0.15, -0.1) is 0 Å². The Morgan fingerprint density at radius 3 is 2.88 bits per heavy atom. The average molecular weight is 117 g/mol. The Morgan fingerprint density at radius 1 is 1.88 bits per heavy atom. The molecule has 0 saturated carbocycles. The molecule has 0 aliphatic rings. The van der Waals surface area contributed by atoms with Crippen LogP contribution in [0.1, 0.15) is 0 Å². The highest BCUT2D eigenvalue weighted by atomic mass is 16.5. The van der Waals surface area contributed by atoms with E-state index >= 15 is 0 Å². The van der Waals surface area contributed by atoms with Crippen LogP contribution in [0.2, 0.25) is 0 Å². The van der Waals surface area contributed by atoms with Crippen LogP contribution in [0, 0.1) is 6.92 Å². The molecule has 0 heterocycles. The van der Waals surface area contributed by atoms with E-state index < -0.39 is 6.10 Å². The van der Waals surface area contributed by atoms with Crippen molar-refractivity contribution < 1.29 is 14.6 Å². The third kappa shape index (κ3) is 3.77. The molecule has 0 amide bonds. The maximum absolute atomic E-state index is 9.74. The van der Waals surface area contributed by atoms with E-state index in [9.17, 15) is 4.79 Å². The molecule has 0 aromatic rings. The first kappa shape index (κ1) is 7.59. The molecule has 1 unspecified atom stereocenters. The predicted octanol–water partition coefficient (Wildman–Crippen LogP) is -0.603. The Bertz CT molecular complexity index is 62.7. The van der Waals surface area contributed by atoms with Gasteiger partial charge in [-0.2, -0.15) is 0 Å². The third-order valence-corrected chi connectivity index (χ3v) is 0.575. The summed E-state index contributed by atoms with van der Waals surface area (Å²) >= 11 is 0. The van der Waals surface area contributed by atoms with Gasteiger partial charge in [-0.25, -0.2) is 0 Å². The van der Waals surface area contributed by atoms with Gasteiger partial charge < -0.3 is 14.6 Å². The fourth-order valence-electron chi connectivity index (χ4n) is 0.243. The van der Waals surface area contributed by atoms with Crippen molar-refractivity contribution in [1.29, 1.82) is 0 Å². The van der Waals surface area contributed by atoms with Gasteiger partial charge in [0.25, 0.3) is 0 Å². The monoisotopic (exact) mass is 117 g/mol. The van der Waals surface area contributed by atoms with Crippen LogP contribution in [0.15, 0.2) is 0 Å². The number of carbonyl (C=O) groups excluding carboxylic acids is 1. The molecular weight excluding hydrogens is 108 g/mol. The Labute approximate surface area is 48.3 Å². The van der Waals surface area contributed by atoms with Crippen LogP contribution < -0.4 is 0 Å². The lowest BCUT2D eigenvalue weighted by molar-refractivity contribution is -0.116. The van der Waals surface area contributed by atoms with Crippen LogP contribution >= 0.6 is 0 Å². The second kappa shape index (κ2) is 4.74. The van der Waals surface area contributed by atoms with E-state index in [4.69, 9.17) is 5.11 Å². The number of rotatable bonds is 4. The van der Waals surface area contributed by atoms with Crippen LogP contribution in [0.4, 0.5) is 0 Å². The summed E-state index contributed by atoms with van der Waals surface area (Å²) in [6, 6.07) is 0. The SMILES string of the molecule is [CH2]C(C=O)OCCO. The first-order chi connectivity index (χ1) is 3.81. The van der Waals surface area contributed by atoms with E-state index in [1.54, 1.807) is 0 Å². The molecule has 0 aromatic heterocycles. The molecule has 8 heavy (non-hydrogen) atoms. The van der Waals surface area contributed by atoms with Crippen LogP contribution in [0.5, 0.6) is 0 Å². The summed E-state index contributed by atoms with van der Waals surface area (Å²) < 4.78 is 4.61. The van der Waals surface area contributed by atoms with Crippen molar-refractivity contribution in [3.8, 4) is 0 Å². The number of aldehydes is 1. The van der Waals surface area contributed by atoms with Gasteiger partial charge in [0, 0.05) is 0 Å². The lowest BCUT2D eigenvalue weighted by Crippen LogP contribution is -2.12. The van der Waals surface area contributed by atoms with Crippen molar-refractivity contribution in [2.45, 2.75) is 6.10 Å². The first-order valence-electron chi connectivity index (χ1n) is 2.32. The topological polar surface area (TPSA) is 46.5 Å². The highest BCUT2D eigenvalue weighted by molar-refractivity contribution is 5.56. The minimum absolute atomic E-state index is 0.0696. The highest BCUT2D eigenvalue weighted by Gasteiger charge is 1.95. The van der Waals surface area contributed by atoms with Gasteiger partial charge in [-0.3, -0.25) is 0 Å². The molecule has 1 N–H and O–H groups in total. The Kier molecular flexibility index (Phi) is 4.50. The molecule has 47 valence electrons. The van der Waals surface area contributed by atoms with Gasteiger partial charge in [0.05, 0.1) is 13.2 Å². The van der Waals surface area contributed by atoms with Crippen LogP contribution in [-0.2, 0) is 9.53 Å². The van der Waals surface area contributed by atoms with Crippen LogP contribution in [-0.4, -0.2) is 30.7 Å². The molecule has 3 heteroatoms. The number of hydrogen-bond acceptors (Lipinski definition) is 3. The van der Waals surface area contributed by atoms with Gasteiger partial charge in [-0.1, -0.05) is 0 Å². The Morgan fingerprint density at radius 2 is 2.50 bits per heavy atom.